The smallest absolute Gasteiger partial charge is 0.173 e. The number of likely N-dealkylation sites (N-methyl/N-ethyl adjacent to an activating group) is 1. The number of ether oxygens (including phenoxy) is 4. The van der Waals surface area contributed by atoms with Crippen molar-refractivity contribution < 1.29 is 32.1 Å². The van der Waals surface area contributed by atoms with Crippen molar-refractivity contribution in [3.05, 3.63) is 99.6 Å². The second kappa shape index (κ2) is 16.7. The van der Waals surface area contributed by atoms with Gasteiger partial charge in [-0.3, -0.25) is 4.57 Å². The second-order valence-electron chi connectivity index (χ2n) is 11.4. The number of hydrogen-bond acceptors (Lipinski definition) is 7. The van der Waals surface area contributed by atoms with E-state index in [1.165, 1.54) is 36.0 Å². The lowest BCUT2D eigenvalue weighted by Gasteiger charge is -2.26. The summed E-state index contributed by atoms with van der Waals surface area (Å²) in [6.07, 6.45) is 2.52. The second-order valence-corrected chi connectivity index (χ2v) is 12.8. The molecule has 5 rings (SSSR count). The maximum absolute atomic E-state index is 15.2. The SMILES string of the molecule is COc1cc(C2CCCc3nc(SCc4c(F)cc(OCCOCCOCCN(C)C)cc4F)n(-c4ccc(F)cc4)c32)ccc1Cl. The number of methoxy groups -OCH3 is 1. The van der Waals surface area contributed by atoms with E-state index in [2.05, 4.69) is 0 Å². The minimum absolute atomic E-state index is 0.00853. The molecule has 252 valence electrons. The molecule has 0 fully saturated rings. The fraction of sp³-hybridized carbons (Fsp3) is 0.400. The molecule has 0 saturated heterocycles. The van der Waals surface area contributed by atoms with Crippen LogP contribution < -0.4 is 9.47 Å². The van der Waals surface area contributed by atoms with E-state index in [1.54, 1.807) is 19.2 Å². The van der Waals surface area contributed by atoms with Gasteiger partial charge in [0.2, 0.25) is 0 Å². The number of imidazole rings is 1. The van der Waals surface area contributed by atoms with Crippen LogP contribution in [-0.4, -0.2) is 75.2 Å². The van der Waals surface area contributed by atoms with Crippen LogP contribution in [0, 0.1) is 17.5 Å². The Labute approximate surface area is 282 Å². The average molecular weight is 690 g/mol. The van der Waals surface area contributed by atoms with E-state index in [9.17, 15) is 4.39 Å². The van der Waals surface area contributed by atoms with Gasteiger partial charge in [0.15, 0.2) is 5.16 Å². The predicted octanol–water partition coefficient (Wildman–Crippen LogP) is 7.69. The molecule has 47 heavy (non-hydrogen) atoms. The van der Waals surface area contributed by atoms with Crippen LogP contribution in [0.3, 0.4) is 0 Å². The lowest BCUT2D eigenvalue weighted by atomic mass is 9.84. The summed E-state index contributed by atoms with van der Waals surface area (Å²) >= 11 is 7.54. The molecule has 0 bridgehead atoms. The molecule has 1 atom stereocenters. The number of aromatic nitrogens is 2. The first-order valence-electron chi connectivity index (χ1n) is 15.5. The number of benzene rings is 3. The van der Waals surface area contributed by atoms with Gasteiger partial charge < -0.3 is 23.8 Å². The van der Waals surface area contributed by atoms with Gasteiger partial charge in [-0.15, -0.1) is 0 Å². The fourth-order valence-corrected chi connectivity index (χ4v) is 6.74. The number of rotatable bonds is 16. The molecule has 0 spiro atoms. The Bertz CT molecular complexity index is 1610. The van der Waals surface area contributed by atoms with Gasteiger partial charge in [-0.05, 0) is 75.3 Å². The molecule has 0 N–H and O–H groups in total. The van der Waals surface area contributed by atoms with E-state index in [0.717, 1.165) is 42.8 Å². The molecule has 0 saturated carbocycles. The fourth-order valence-electron chi connectivity index (χ4n) is 5.49. The molecule has 0 aliphatic heterocycles. The Morgan fingerprint density at radius 1 is 0.936 bits per heavy atom. The molecule has 4 aromatic rings. The summed E-state index contributed by atoms with van der Waals surface area (Å²) in [5.41, 5.74) is 3.50. The van der Waals surface area contributed by atoms with Crippen LogP contribution in [0.15, 0.2) is 59.8 Å². The zero-order valence-corrected chi connectivity index (χ0v) is 28.3. The molecule has 0 amide bonds. The maximum Gasteiger partial charge on any atom is 0.173 e. The quantitative estimate of drug-likeness (QED) is 0.0884. The summed E-state index contributed by atoms with van der Waals surface area (Å²) in [6, 6.07) is 14.2. The Hall–Kier alpha value is -3.22. The van der Waals surface area contributed by atoms with E-state index in [-0.39, 0.29) is 42.0 Å². The number of halogens is 4. The summed E-state index contributed by atoms with van der Waals surface area (Å²) in [5, 5.41) is 1.08. The summed E-state index contributed by atoms with van der Waals surface area (Å²) in [7, 11) is 5.53. The van der Waals surface area contributed by atoms with Crippen molar-refractivity contribution in [3.63, 3.8) is 0 Å². The van der Waals surface area contributed by atoms with Crippen LogP contribution in [0.5, 0.6) is 11.5 Å². The first kappa shape index (κ1) is 35.1. The van der Waals surface area contributed by atoms with E-state index in [4.69, 9.17) is 35.5 Å². The molecule has 1 aliphatic carbocycles. The summed E-state index contributed by atoms with van der Waals surface area (Å²) in [6.45, 7) is 2.72. The largest absolute Gasteiger partial charge is 0.495 e. The molecule has 1 heterocycles. The van der Waals surface area contributed by atoms with Crippen LogP contribution >= 0.6 is 23.4 Å². The van der Waals surface area contributed by atoms with Gasteiger partial charge in [0, 0.05) is 41.6 Å². The normalized spacial score (nSPS) is 14.4. The van der Waals surface area contributed by atoms with Crippen molar-refractivity contribution >= 4 is 23.4 Å². The molecule has 3 aromatic carbocycles. The molecule has 7 nitrogen and oxygen atoms in total. The van der Waals surface area contributed by atoms with Crippen LogP contribution in [0.4, 0.5) is 13.2 Å². The number of nitrogens with zero attached hydrogens (tertiary/aromatic N) is 3. The van der Waals surface area contributed by atoms with Crippen molar-refractivity contribution in [2.24, 2.45) is 0 Å². The number of hydrogen-bond donors (Lipinski definition) is 0. The van der Waals surface area contributed by atoms with Gasteiger partial charge in [-0.2, -0.15) is 0 Å². The highest BCUT2D eigenvalue weighted by Gasteiger charge is 2.31. The minimum atomic E-state index is -0.710. The molecule has 1 aromatic heterocycles. The van der Waals surface area contributed by atoms with E-state index in [1.807, 2.05) is 41.8 Å². The minimum Gasteiger partial charge on any atom is -0.495 e. The monoisotopic (exact) mass is 689 g/mol. The van der Waals surface area contributed by atoms with Crippen LogP contribution in [0.25, 0.3) is 5.69 Å². The topological polar surface area (TPSA) is 58.0 Å². The van der Waals surface area contributed by atoms with Crippen molar-refractivity contribution in [1.82, 2.24) is 14.5 Å². The molecular formula is C35H39ClF3N3O4S. The first-order chi connectivity index (χ1) is 22.7. The van der Waals surface area contributed by atoms with Gasteiger partial charge in [-0.1, -0.05) is 29.4 Å². The van der Waals surface area contributed by atoms with E-state index >= 15 is 8.78 Å². The number of thioether (sulfide) groups is 1. The van der Waals surface area contributed by atoms with Gasteiger partial charge in [0.25, 0.3) is 0 Å². The van der Waals surface area contributed by atoms with E-state index < -0.39 is 11.6 Å². The zero-order chi connectivity index (χ0) is 33.3. The van der Waals surface area contributed by atoms with Crippen molar-refractivity contribution in [2.45, 2.75) is 36.1 Å². The third-order valence-electron chi connectivity index (χ3n) is 7.87. The summed E-state index contributed by atoms with van der Waals surface area (Å²) in [5.74, 6) is -1.17. The highest BCUT2D eigenvalue weighted by Crippen LogP contribution is 2.43. The lowest BCUT2D eigenvalue weighted by Crippen LogP contribution is -2.19. The molecule has 1 aliphatic rings. The summed E-state index contributed by atoms with van der Waals surface area (Å²) < 4.78 is 68.3. The maximum atomic E-state index is 15.2. The van der Waals surface area contributed by atoms with Gasteiger partial charge in [0.05, 0.1) is 49.9 Å². The molecule has 12 heteroatoms. The molecule has 0 radical (unpaired) electrons. The van der Waals surface area contributed by atoms with Crippen molar-refractivity contribution in [3.8, 4) is 17.2 Å². The van der Waals surface area contributed by atoms with E-state index in [0.29, 0.717) is 41.4 Å². The molecular weight excluding hydrogens is 651 g/mol. The Balaban J connectivity index is 1.30. The summed E-state index contributed by atoms with van der Waals surface area (Å²) in [4.78, 5) is 6.98. The lowest BCUT2D eigenvalue weighted by molar-refractivity contribution is 0.0324. The average Bonchev–Trinajstić information content (AvgIpc) is 3.42. The standard InChI is InChI=1S/C35H39ClF3N3O4S/c1-41(2)13-14-44-15-16-45-17-18-46-26-20-30(38)28(31(39)21-26)22-47-35-40-32-6-4-5-27(23-7-12-29(36)33(19-23)43-3)34(32)42(35)25-10-8-24(37)9-11-25/h7-12,19-21,27H,4-6,13-18,22H2,1-3H3. The Morgan fingerprint density at radius 3 is 2.34 bits per heavy atom. The molecule has 1 unspecified atom stereocenters. The van der Waals surface area contributed by atoms with Gasteiger partial charge in [-0.25, -0.2) is 18.2 Å². The third-order valence-corrected chi connectivity index (χ3v) is 9.15. The Morgan fingerprint density at radius 2 is 1.64 bits per heavy atom. The zero-order valence-electron chi connectivity index (χ0n) is 26.7. The predicted molar refractivity (Wildman–Crippen MR) is 178 cm³/mol. The number of fused-ring (bicyclic) bond motifs is 1. The Kier molecular flexibility index (Phi) is 12.5. The first-order valence-corrected chi connectivity index (χ1v) is 16.9. The van der Waals surface area contributed by atoms with Gasteiger partial charge >= 0.3 is 0 Å². The third kappa shape index (κ3) is 9.03. The van der Waals surface area contributed by atoms with Crippen LogP contribution in [0.2, 0.25) is 5.02 Å². The van der Waals surface area contributed by atoms with Crippen LogP contribution in [0.1, 0.15) is 41.3 Å². The highest BCUT2D eigenvalue weighted by molar-refractivity contribution is 7.98. The van der Waals surface area contributed by atoms with Crippen molar-refractivity contribution in [2.75, 3.05) is 60.8 Å². The van der Waals surface area contributed by atoms with Gasteiger partial charge in [0.1, 0.15) is 35.6 Å². The highest BCUT2D eigenvalue weighted by atomic mass is 35.5. The van der Waals surface area contributed by atoms with Crippen LogP contribution in [-0.2, 0) is 21.6 Å². The number of aryl methyl sites for hydroxylation is 1. The van der Waals surface area contributed by atoms with Crippen molar-refractivity contribution in [1.29, 1.82) is 0 Å².